The van der Waals surface area contributed by atoms with Gasteiger partial charge in [0.1, 0.15) is 41.4 Å². The van der Waals surface area contributed by atoms with Gasteiger partial charge < -0.3 is 35.7 Å². The van der Waals surface area contributed by atoms with Gasteiger partial charge in [-0.2, -0.15) is 0 Å². The highest BCUT2D eigenvalue weighted by Gasteiger charge is 2.59. The molecule has 0 unspecified atom stereocenters. The van der Waals surface area contributed by atoms with Crippen LogP contribution in [-0.2, 0) is 9.47 Å². The van der Waals surface area contributed by atoms with Gasteiger partial charge in [0.25, 0.3) is 0 Å². The van der Waals surface area contributed by atoms with Crippen LogP contribution >= 0.6 is 15.9 Å². The van der Waals surface area contributed by atoms with Gasteiger partial charge in [0.05, 0.1) is 28.1 Å². The second-order valence-electron chi connectivity index (χ2n) is 8.54. The molecular weight excluding hydrogens is 492 g/mol. The Bertz CT molecular complexity index is 1400. The number of pyridine rings is 1. The third kappa shape index (κ3) is 3.11. The molecule has 0 radical (unpaired) electrons. The van der Waals surface area contributed by atoms with E-state index in [-0.39, 0.29) is 12.7 Å². The third-order valence-electron chi connectivity index (χ3n) is 6.58. The largest absolute Gasteiger partial charge is 0.387 e. The number of nitrogens with zero attached hydrogens (tertiary/aromatic N) is 4. The second kappa shape index (κ2) is 7.34. The number of benzene rings is 1. The first kappa shape index (κ1) is 20.8. The van der Waals surface area contributed by atoms with Crippen molar-refractivity contribution in [3.05, 3.63) is 52.9 Å². The fraction of sp³-hybridized carbons (Fsp3) is 0.318. The van der Waals surface area contributed by atoms with Crippen molar-refractivity contribution in [3.63, 3.8) is 0 Å². The molecule has 4 aromatic rings. The van der Waals surface area contributed by atoms with Gasteiger partial charge in [-0.25, -0.2) is 15.0 Å². The van der Waals surface area contributed by atoms with Crippen LogP contribution in [0.4, 0.5) is 11.6 Å². The Morgan fingerprint density at radius 1 is 1.12 bits per heavy atom. The molecule has 0 amide bonds. The summed E-state index contributed by atoms with van der Waals surface area (Å²) >= 11 is 3.40. The molecule has 0 aliphatic carbocycles. The van der Waals surface area contributed by atoms with Crippen LogP contribution in [0.5, 0.6) is 0 Å². The predicted molar refractivity (Wildman–Crippen MR) is 124 cm³/mol. The maximum Gasteiger partial charge on any atom is 0.164 e. The summed E-state index contributed by atoms with van der Waals surface area (Å²) in [5.74, 6) is 0.746. The molecule has 1 spiro atoms. The zero-order chi connectivity index (χ0) is 22.9. The average Bonchev–Trinajstić information content (AvgIpc) is 3.48. The maximum atomic E-state index is 11.0. The van der Waals surface area contributed by atoms with Crippen molar-refractivity contribution in [2.75, 3.05) is 18.1 Å². The van der Waals surface area contributed by atoms with E-state index in [4.69, 9.17) is 20.9 Å². The molecule has 5 atom stereocenters. The summed E-state index contributed by atoms with van der Waals surface area (Å²) < 4.78 is 14.8. The first-order valence-corrected chi connectivity index (χ1v) is 11.2. The van der Waals surface area contributed by atoms with E-state index in [1.807, 2.05) is 24.3 Å². The molecule has 2 aliphatic rings. The summed E-state index contributed by atoms with van der Waals surface area (Å²) in [6.07, 6.45) is -0.0416. The summed E-state index contributed by atoms with van der Waals surface area (Å²) in [5.41, 5.74) is 13.0. The zero-order valence-corrected chi connectivity index (χ0v) is 18.9. The predicted octanol–water partition coefficient (Wildman–Crippen LogP) is 2.06. The Labute approximate surface area is 196 Å². The van der Waals surface area contributed by atoms with Crippen molar-refractivity contribution in [1.29, 1.82) is 0 Å². The van der Waals surface area contributed by atoms with Gasteiger partial charge in [-0.3, -0.25) is 0 Å². The van der Waals surface area contributed by atoms with Crippen LogP contribution in [0.3, 0.4) is 0 Å². The summed E-state index contributed by atoms with van der Waals surface area (Å²) in [7, 11) is 0. The summed E-state index contributed by atoms with van der Waals surface area (Å²) in [4.78, 5) is 12.7. The van der Waals surface area contributed by atoms with Crippen molar-refractivity contribution >= 4 is 49.5 Å². The lowest BCUT2D eigenvalue weighted by Crippen LogP contribution is -2.43. The Balaban J connectivity index is 1.30. The Morgan fingerprint density at radius 3 is 2.82 bits per heavy atom. The van der Waals surface area contributed by atoms with Crippen LogP contribution in [0.2, 0.25) is 0 Å². The zero-order valence-electron chi connectivity index (χ0n) is 17.3. The standard InChI is InChI=1S/C22H21BrN6O4/c23-13-5-10-1-2-11(6-14(10)28-19(13)25)15-7-22(8-32-15)17(31)16(30)21(33-22)29-4-3-12-18(24)26-9-27-20(12)29/h1-6,9,15-17,21,30-31H,7-8H2,(H2,25,28)(H2,24,26,27)/t15-,16-,17+,21-,22+/m1/s1. The van der Waals surface area contributed by atoms with E-state index in [0.717, 1.165) is 20.9 Å². The fourth-order valence-electron chi connectivity index (χ4n) is 4.81. The first-order chi connectivity index (χ1) is 15.9. The number of ether oxygens (including phenoxy) is 2. The van der Waals surface area contributed by atoms with Gasteiger partial charge in [0.2, 0.25) is 0 Å². The monoisotopic (exact) mass is 512 g/mol. The molecule has 6 N–H and O–H groups in total. The molecule has 2 fully saturated rings. The molecule has 33 heavy (non-hydrogen) atoms. The number of anilines is 2. The lowest BCUT2D eigenvalue weighted by atomic mass is 9.90. The summed E-state index contributed by atoms with van der Waals surface area (Å²) in [6, 6.07) is 9.52. The lowest BCUT2D eigenvalue weighted by molar-refractivity contribution is -0.103. The van der Waals surface area contributed by atoms with Crippen LogP contribution in [0, 0.1) is 0 Å². The number of aromatic nitrogens is 4. The Hall–Kier alpha value is -2.83. The quantitative estimate of drug-likeness (QED) is 0.315. The molecule has 170 valence electrons. The van der Waals surface area contributed by atoms with Gasteiger partial charge in [-0.15, -0.1) is 0 Å². The smallest absolute Gasteiger partial charge is 0.164 e. The minimum Gasteiger partial charge on any atom is -0.387 e. The number of aliphatic hydroxyl groups is 2. The summed E-state index contributed by atoms with van der Waals surface area (Å²) in [6.45, 7) is 0.136. The van der Waals surface area contributed by atoms with E-state index in [0.29, 0.717) is 29.1 Å². The maximum absolute atomic E-state index is 11.0. The minimum atomic E-state index is -1.17. The highest BCUT2D eigenvalue weighted by molar-refractivity contribution is 9.10. The highest BCUT2D eigenvalue weighted by atomic mass is 79.9. The van der Waals surface area contributed by atoms with Crippen molar-refractivity contribution in [2.45, 2.75) is 36.6 Å². The average molecular weight is 513 g/mol. The van der Waals surface area contributed by atoms with Gasteiger partial charge >= 0.3 is 0 Å². The van der Waals surface area contributed by atoms with Crippen LogP contribution in [0.15, 0.2) is 47.3 Å². The fourth-order valence-corrected chi connectivity index (χ4v) is 5.15. The summed E-state index contributed by atoms with van der Waals surface area (Å²) in [5, 5.41) is 23.5. The number of aliphatic hydroxyl groups excluding tert-OH is 2. The number of nitrogen functional groups attached to an aromatic ring is 2. The van der Waals surface area contributed by atoms with Crippen molar-refractivity contribution in [1.82, 2.24) is 19.5 Å². The molecule has 2 aliphatic heterocycles. The van der Waals surface area contributed by atoms with E-state index in [1.54, 1.807) is 16.8 Å². The minimum absolute atomic E-state index is 0.136. The molecule has 2 saturated heterocycles. The van der Waals surface area contributed by atoms with Crippen molar-refractivity contribution in [3.8, 4) is 0 Å². The number of halogens is 1. The van der Waals surface area contributed by atoms with E-state index >= 15 is 0 Å². The van der Waals surface area contributed by atoms with Crippen LogP contribution in [0.25, 0.3) is 21.9 Å². The van der Waals surface area contributed by atoms with Crippen molar-refractivity contribution < 1.29 is 19.7 Å². The third-order valence-corrected chi connectivity index (χ3v) is 7.21. The Kier molecular flexibility index (Phi) is 4.61. The molecule has 0 bridgehead atoms. The van der Waals surface area contributed by atoms with Crippen LogP contribution < -0.4 is 11.5 Å². The molecule has 1 aromatic carbocycles. The van der Waals surface area contributed by atoms with E-state index in [1.165, 1.54) is 6.33 Å². The number of hydrogen-bond acceptors (Lipinski definition) is 9. The lowest BCUT2D eigenvalue weighted by Gasteiger charge is -2.25. The molecule has 10 nitrogen and oxygen atoms in total. The van der Waals surface area contributed by atoms with Crippen molar-refractivity contribution in [2.24, 2.45) is 0 Å². The number of nitrogens with two attached hydrogens (primary N) is 2. The normalized spacial score (nSPS) is 29.5. The van der Waals surface area contributed by atoms with Gasteiger partial charge in [0.15, 0.2) is 6.23 Å². The molecular formula is C22H21BrN6O4. The van der Waals surface area contributed by atoms with Gasteiger partial charge in [-0.1, -0.05) is 12.1 Å². The first-order valence-electron chi connectivity index (χ1n) is 10.4. The highest BCUT2D eigenvalue weighted by Crippen LogP contribution is 2.48. The van der Waals surface area contributed by atoms with E-state index in [9.17, 15) is 10.2 Å². The van der Waals surface area contributed by atoms with Gasteiger partial charge in [-0.05, 0) is 39.7 Å². The second-order valence-corrected chi connectivity index (χ2v) is 9.39. The molecule has 3 aromatic heterocycles. The number of fused-ring (bicyclic) bond motifs is 2. The number of hydrogen-bond donors (Lipinski definition) is 4. The van der Waals surface area contributed by atoms with Crippen LogP contribution in [-0.4, -0.2) is 54.1 Å². The molecule has 5 heterocycles. The number of rotatable bonds is 2. The van der Waals surface area contributed by atoms with E-state index < -0.39 is 24.0 Å². The Morgan fingerprint density at radius 2 is 1.97 bits per heavy atom. The van der Waals surface area contributed by atoms with Crippen LogP contribution in [0.1, 0.15) is 24.3 Å². The molecule has 6 rings (SSSR count). The topological polar surface area (TPSA) is 155 Å². The van der Waals surface area contributed by atoms with Gasteiger partial charge in [0, 0.05) is 18.0 Å². The molecule has 0 saturated carbocycles. The SMILES string of the molecule is Nc1nc2cc([C@H]3C[C@@]4(CO3)O[C@@H](n3ccc5c(N)ncnc53)[C@H](O)[C@@H]4O)ccc2cc1Br. The van der Waals surface area contributed by atoms with E-state index in [2.05, 4.69) is 30.9 Å². The molecule has 11 heteroatoms.